The Kier molecular flexibility index (Phi) is 4.65. The zero-order valence-corrected chi connectivity index (χ0v) is 12.3. The minimum absolute atomic E-state index is 0.387. The molecule has 1 aliphatic heterocycles. The van der Waals surface area contributed by atoms with E-state index in [-0.39, 0.29) is 6.10 Å². The van der Waals surface area contributed by atoms with Gasteiger partial charge in [-0.25, -0.2) is 4.79 Å². The second kappa shape index (κ2) is 5.33. The number of rotatable bonds is 3. The number of hydrogen-bond donors (Lipinski definition) is 1. The Morgan fingerprint density at radius 3 is 2.17 bits per heavy atom. The summed E-state index contributed by atoms with van der Waals surface area (Å²) in [6.45, 7) is 7.77. The van der Waals surface area contributed by atoms with Crippen LogP contribution in [0.5, 0.6) is 0 Å². The van der Waals surface area contributed by atoms with Gasteiger partial charge in [-0.15, -0.1) is 0 Å². The van der Waals surface area contributed by atoms with Crippen molar-refractivity contribution < 1.29 is 19.5 Å². The summed E-state index contributed by atoms with van der Waals surface area (Å²) in [5.41, 5.74) is -2.01. The minimum Gasteiger partial charge on any atom is -0.466 e. The van der Waals surface area contributed by atoms with Crippen molar-refractivity contribution in [2.75, 3.05) is 7.11 Å². The molecule has 0 radical (unpaired) electrons. The summed E-state index contributed by atoms with van der Waals surface area (Å²) < 4.78 is 4.54. The minimum atomic E-state index is -1.18. The molecule has 1 atom stereocenters. The fourth-order valence-corrected chi connectivity index (χ4v) is 2.89. The Balaban J connectivity index is 2.86. The van der Waals surface area contributed by atoms with Gasteiger partial charge in [-0.3, -0.25) is 4.84 Å². The quantitative estimate of drug-likeness (QED) is 0.629. The highest BCUT2D eigenvalue weighted by atomic mass is 35.5. The number of halogens is 1. The molecule has 1 N–H and O–H groups in total. The van der Waals surface area contributed by atoms with Crippen LogP contribution in [0.3, 0.4) is 0 Å². The maximum Gasteiger partial charge on any atom is 0.352 e. The molecule has 0 aliphatic carbocycles. The summed E-state index contributed by atoms with van der Waals surface area (Å²) in [6, 6.07) is 0. The molecule has 0 saturated carbocycles. The van der Waals surface area contributed by atoms with E-state index in [2.05, 4.69) is 4.74 Å². The highest BCUT2D eigenvalue weighted by Crippen LogP contribution is 2.39. The number of carbonyl (C=O) groups excluding carboxylic acids is 1. The van der Waals surface area contributed by atoms with Crippen LogP contribution >= 0.6 is 11.6 Å². The predicted octanol–water partition coefficient (Wildman–Crippen LogP) is 1.67. The average Bonchev–Trinajstić information content (AvgIpc) is 2.20. The van der Waals surface area contributed by atoms with E-state index in [0.29, 0.717) is 12.8 Å². The Morgan fingerprint density at radius 1 is 1.33 bits per heavy atom. The molecular formula is C12H22ClNO4. The van der Waals surface area contributed by atoms with E-state index in [1.54, 1.807) is 5.06 Å². The molecule has 1 heterocycles. The van der Waals surface area contributed by atoms with Crippen LogP contribution < -0.4 is 0 Å². The number of aliphatic hydroxyl groups is 1. The van der Waals surface area contributed by atoms with E-state index in [0.717, 1.165) is 0 Å². The highest BCUT2D eigenvalue weighted by Gasteiger charge is 2.47. The van der Waals surface area contributed by atoms with E-state index in [4.69, 9.17) is 16.4 Å². The predicted molar refractivity (Wildman–Crippen MR) is 68.0 cm³/mol. The van der Waals surface area contributed by atoms with Gasteiger partial charge in [0.2, 0.25) is 5.56 Å². The van der Waals surface area contributed by atoms with Gasteiger partial charge in [0, 0.05) is 11.1 Å². The van der Waals surface area contributed by atoms with E-state index < -0.39 is 22.6 Å². The second-order valence-corrected chi connectivity index (χ2v) is 6.32. The molecule has 0 aromatic heterocycles. The van der Waals surface area contributed by atoms with Gasteiger partial charge >= 0.3 is 5.97 Å². The first kappa shape index (κ1) is 15.7. The van der Waals surface area contributed by atoms with Crippen LogP contribution in [0.2, 0.25) is 0 Å². The molecule has 1 unspecified atom stereocenters. The standard InChI is InChI=1S/C12H22ClNO4/c1-11(2)6-8(15)7-12(3,4)14(11)18-9(13)10(16)17-5/h8-9,15H,6-7H2,1-5H3. The van der Waals surface area contributed by atoms with E-state index in [1.807, 2.05) is 27.7 Å². The molecule has 1 aliphatic rings. The van der Waals surface area contributed by atoms with Gasteiger partial charge in [-0.2, -0.15) is 5.06 Å². The van der Waals surface area contributed by atoms with Gasteiger partial charge in [-0.05, 0) is 40.5 Å². The topological polar surface area (TPSA) is 59.0 Å². The lowest BCUT2D eigenvalue weighted by atomic mass is 9.80. The monoisotopic (exact) mass is 279 g/mol. The first-order chi connectivity index (χ1) is 8.10. The van der Waals surface area contributed by atoms with Crippen molar-refractivity contribution in [1.29, 1.82) is 0 Å². The molecule has 1 fully saturated rings. The Hall–Kier alpha value is -0.360. The highest BCUT2D eigenvalue weighted by molar-refractivity contribution is 6.28. The third-order valence-corrected chi connectivity index (χ3v) is 3.41. The second-order valence-electron chi connectivity index (χ2n) is 5.93. The van der Waals surface area contributed by atoms with Gasteiger partial charge in [0.05, 0.1) is 13.2 Å². The lowest BCUT2D eigenvalue weighted by Crippen LogP contribution is -2.62. The third-order valence-electron chi connectivity index (χ3n) is 3.15. The first-order valence-corrected chi connectivity index (χ1v) is 6.41. The summed E-state index contributed by atoms with van der Waals surface area (Å²) in [7, 11) is 1.26. The van der Waals surface area contributed by atoms with Crippen LogP contribution in [0.15, 0.2) is 0 Å². The Labute approximate surface area is 113 Å². The summed E-state index contributed by atoms with van der Waals surface area (Å²) in [5, 5.41) is 11.6. The van der Waals surface area contributed by atoms with Crippen LogP contribution in [0.25, 0.3) is 0 Å². The van der Waals surface area contributed by atoms with Crippen molar-refractivity contribution >= 4 is 17.6 Å². The van der Waals surface area contributed by atoms with Crippen molar-refractivity contribution in [3.05, 3.63) is 0 Å². The van der Waals surface area contributed by atoms with Gasteiger partial charge in [0.1, 0.15) is 0 Å². The van der Waals surface area contributed by atoms with E-state index in [9.17, 15) is 9.90 Å². The SMILES string of the molecule is COC(=O)C(Cl)ON1C(C)(C)CC(O)CC1(C)C. The molecule has 5 nitrogen and oxygen atoms in total. The molecule has 0 amide bonds. The summed E-state index contributed by atoms with van der Waals surface area (Å²) >= 11 is 5.85. The number of hydroxylamine groups is 2. The number of piperidine rings is 1. The Morgan fingerprint density at radius 2 is 1.78 bits per heavy atom. The summed E-state index contributed by atoms with van der Waals surface area (Å²) in [4.78, 5) is 16.9. The van der Waals surface area contributed by atoms with Crippen LogP contribution in [0.1, 0.15) is 40.5 Å². The van der Waals surface area contributed by atoms with Gasteiger partial charge in [-0.1, -0.05) is 11.6 Å². The van der Waals surface area contributed by atoms with E-state index >= 15 is 0 Å². The normalized spacial score (nSPS) is 25.7. The van der Waals surface area contributed by atoms with Crippen molar-refractivity contribution in [2.24, 2.45) is 0 Å². The molecule has 0 aromatic rings. The number of aliphatic hydroxyl groups excluding tert-OH is 1. The maximum absolute atomic E-state index is 11.3. The molecule has 1 saturated heterocycles. The van der Waals surface area contributed by atoms with Gasteiger partial charge in [0.15, 0.2) is 0 Å². The number of esters is 1. The molecule has 0 spiro atoms. The summed E-state index contributed by atoms with van der Waals surface area (Å²) in [5.74, 6) is -0.630. The largest absolute Gasteiger partial charge is 0.466 e. The van der Waals surface area contributed by atoms with Crippen LogP contribution in [0, 0.1) is 0 Å². The van der Waals surface area contributed by atoms with Crippen LogP contribution in [-0.2, 0) is 14.4 Å². The molecule has 18 heavy (non-hydrogen) atoms. The fourth-order valence-electron chi connectivity index (χ4n) is 2.72. The molecule has 6 heteroatoms. The van der Waals surface area contributed by atoms with E-state index in [1.165, 1.54) is 7.11 Å². The lowest BCUT2D eigenvalue weighted by Gasteiger charge is -2.52. The fraction of sp³-hybridized carbons (Fsp3) is 0.917. The number of hydrogen-bond acceptors (Lipinski definition) is 5. The number of alkyl halides is 1. The number of methoxy groups -OCH3 is 1. The van der Waals surface area contributed by atoms with Crippen molar-refractivity contribution in [3.8, 4) is 0 Å². The third kappa shape index (κ3) is 3.35. The Bertz CT molecular complexity index is 301. The van der Waals surface area contributed by atoms with Crippen LogP contribution in [0.4, 0.5) is 0 Å². The molecule has 0 aromatic carbocycles. The summed E-state index contributed by atoms with van der Waals surface area (Å²) in [6.07, 6.45) is 0.726. The number of nitrogens with zero attached hydrogens (tertiary/aromatic N) is 1. The van der Waals surface area contributed by atoms with Crippen LogP contribution in [-0.4, -0.2) is 46.0 Å². The maximum atomic E-state index is 11.3. The lowest BCUT2D eigenvalue weighted by molar-refractivity contribution is -0.298. The van der Waals surface area contributed by atoms with Gasteiger partial charge < -0.3 is 9.84 Å². The number of carbonyl (C=O) groups is 1. The number of ether oxygens (including phenoxy) is 1. The molecule has 0 bridgehead atoms. The van der Waals surface area contributed by atoms with Crippen molar-refractivity contribution in [3.63, 3.8) is 0 Å². The average molecular weight is 280 g/mol. The smallest absolute Gasteiger partial charge is 0.352 e. The van der Waals surface area contributed by atoms with Crippen molar-refractivity contribution in [2.45, 2.75) is 63.3 Å². The van der Waals surface area contributed by atoms with Gasteiger partial charge in [0.25, 0.3) is 0 Å². The van der Waals surface area contributed by atoms with Crippen molar-refractivity contribution in [1.82, 2.24) is 5.06 Å². The molecular weight excluding hydrogens is 258 g/mol. The molecule has 106 valence electrons. The molecule has 1 rings (SSSR count). The zero-order chi connectivity index (χ0) is 14.1. The first-order valence-electron chi connectivity index (χ1n) is 5.97. The zero-order valence-electron chi connectivity index (χ0n) is 11.6.